The first-order valence-electron chi connectivity index (χ1n) is 6.17. The number of rotatable bonds is 4. The molecule has 0 bridgehead atoms. The van der Waals surface area contributed by atoms with E-state index in [4.69, 9.17) is 9.47 Å². The molecule has 0 radical (unpaired) electrons. The zero-order valence-corrected chi connectivity index (χ0v) is 10.8. The molecule has 1 aliphatic rings. The maximum absolute atomic E-state index is 11.6. The summed E-state index contributed by atoms with van der Waals surface area (Å²) in [6.07, 6.45) is 1.38. The van der Waals surface area contributed by atoms with E-state index < -0.39 is 0 Å². The van der Waals surface area contributed by atoms with Crippen LogP contribution in [0, 0.1) is 5.92 Å². The molecule has 0 aromatic heterocycles. The van der Waals surface area contributed by atoms with Crippen LogP contribution in [0.5, 0.6) is 0 Å². The van der Waals surface area contributed by atoms with Gasteiger partial charge in [-0.25, -0.2) is 0 Å². The van der Waals surface area contributed by atoms with E-state index in [1.54, 1.807) is 13.0 Å². The molecule has 0 saturated heterocycles. The molecule has 3 heteroatoms. The van der Waals surface area contributed by atoms with Crippen molar-refractivity contribution in [3.8, 4) is 0 Å². The van der Waals surface area contributed by atoms with Crippen LogP contribution in [0.2, 0.25) is 0 Å². The first kappa shape index (κ1) is 12.8. The number of hydrogen-bond donors (Lipinski definition) is 0. The van der Waals surface area contributed by atoms with Crippen molar-refractivity contribution in [2.75, 3.05) is 6.61 Å². The van der Waals surface area contributed by atoms with Gasteiger partial charge in [0.15, 0.2) is 5.78 Å². The van der Waals surface area contributed by atoms with Gasteiger partial charge in [0.2, 0.25) is 0 Å². The molecule has 0 aliphatic carbocycles. The minimum Gasteiger partial charge on any atom is -0.492 e. The summed E-state index contributed by atoms with van der Waals surface area (Å²) < 4.78 is 11.2. The van der Waals surface area contributed by atoms with Crippen LogP contribution in [0.3, 0.4) is 0 Å². The van der Waals surface area contributed by atoms with Gasteiger partial charge in [-0.2, -0.15) is 0 Å². The third kappa shape index (κ3) is 3.20. The fraction of sp³-hybridized carbons (Fsp3) is 0.400. The lowest BCUT2D eigenvalue weighted by atomic mass is 9.97. The lowest BCUT2D eigenvalue weighted by Gasteiger charge is -2.27. The topological polar surface area (TPSA) is 35.5 Å². The molecular weight excluding hydrogens is 228 g/mol. The molecule has 2 atom stereocenters. The molecule has 0 saturated carbocycles. The molecule has 1 aliphatic heterocycles. The average Bonchev–Trinajstić information content (AvgIpc) is 2.36. The molecule has 2 rings (SSSR count). The lowest BCUT2D eigenvalue weighted by molar-refractivity contribution is -0.126. The Labute approximate surface area is 107 Å². The summed E-state index contributed by atoms with van der Waals surface area (Å²) in [4.78, 5) is 11.6. The third-order valence-corrected chi connectivity index (χ3v) is 3.08. The van der Waals surface area contributed by atoms with Crippen LogP contribution in [0.25, 0.3) is 0 Å². The summed E-state index contributed by atoms with van der Waals surface area (Å²) in [5.41, 5.74) is 1.12. The molecule has 96 valence electrons. The lowest BCUT2D eigenvalue weighted by Crippen LogP contribution is -2.34. The molecule has 18 heavy (non-hydrogen) atoms. The Kier molecular flexibility index (Phi) is 4.15. The third-order valence-electron chi connectivity index (χ3n) is 3.08. The van der Waals surface area contributed by atoms with Crippen LogP contribution >= 0.6 is 0 Å². The average molecular weight is 246 g/mol. The molecular formula is C15H18O3. The van der Waals surface area contributed by atoms with Crippen LogP contribution in [-0.2, 0) is 20.9 Å². The van der Waals surface area contributed by atoms with Gasteiger partial charge in [-0.3, -0.25) is 4.79 Å². The molecule has 1 heterocycles. The summed E-state index contributed by atoms with van der Waals surface area (Å²) in [7, 11) is 0. The normalized spacial score (nSPS) is 23.4. The second-order valence-corrected chi connectivity index (χ2v) is 4.60. The van der Waals surface area contributed by atoms with Gasteiger partial charge in [-0.05, 0) is 12.5 Å². The van der Waals surface area contributed by atoms with Gasteiger partial charge in [0.05, 0.1) is 24.9 Å². The van der Waals surface area contributed by atoms with Crippen molar-refractivity contribution in [1.82, 2.24) is 0 Å². The fourth-order valence-electron chi connectivity index (χ4n) is 1.94. The van der Waals surface area contributed by atoms with Gasteiger partial charge in [-0.1, -0.05) is 37.3 Å². The van der Waals surface area contributed by atoms with E-state index in [0.717, 1.165) is 5.56 Å². The molecule has 0 N–H and O–H groups in total. The standard InChI is InChI=1S/C15H18O3/c1-11-8-14(16)12(2)15(18-11)10-17-9-13-6-4-3-5-7-13/h3-8,12,15H,9-10H2,1-2H3/t12-,15-/m0/s1. The number of allylic oxidation sites excluding steroid dienone is 2. The highest BCUT2D eigenvalue weighted by Crippen LogP contribution is 2.20. The van der Waals surface area contributed by atoms with Crippen LogP contribution < -0.4 is 0 Å². The largest absolute Gasteiger partial charge is 0.492 e. The van der Waals surface area contributed by atoms with E-state index in [9.17, 15) is 4.79 Å². The van der Waals surface area contributed by atoms with Crippen LogP contribution in [0.15, 0.2) is 42.2 Å². The molecule has 0 fully saturated rings. The Morgan fingerprint density at radius 2 is 2.00 bits per heavy atom. The van der Waals surface area contributed by atoms with Crippen LogP contribution in [0.1, 0.15) is 19.4 Å². The minimum absolute atomic E-state index is 0.118. The number of carbonyl (C=O) groups excluding carboxylic acids is 1. The molecule has 0 amide bonds. The van der Waals surface area contributed by atoms with Crippen molar-refractivity contribution in [3.63, 3.8) is 0 Å². The van der Waals surface area contributed by atoms with Crippen molar-refractivity contribution in [2.45, 2.75) is 26.6 Å². The highest BCUT2D eigenvalue weighted by molar-refractivity contribution is 5.92. The Hall–Kier alpha value is -1.61. The number of hydrogen-bond acceptors (Lipinski definition) is 3. The van der Waals surface area contributed by atoms with E-state index in [1.807, 2.05) is 37.3 Å². The van der Waals surface area contributed by atoms with E-state index in [2.05, 4.69) is 0 Å². The zero-order valence-electron chi connectivity index (χ0n) is 10.8. The number of ether oxygens (including phenoxy) is 2. The summed E-state index contributed by atoms with van der Waals surface area (Å²) in [6.45, 7) is 4.66. The SMILES string of the molecule is CC1=CC(=O)[C@H](C)[C@H](COCc2ccccc2)O1. The molecule has 0 unspecified atom stereocenters. The fourth-order valence-corrected chi connectivity index (χ4v) is 1.94. The van der Waals surface area contributed by atoms with Crippen molar-refractivity contribution >= 4 is 5.78 Å². The minimum atomic E-state index is -0.175. The van der Waals surface area contributed by atoms with Gasteiger partial charge >= 0.3 is 0 Å². The van der Waals surface area contributed by atoms with Gasteiger partial charge in [-0.15, -0.1) is 0 Å². The number of carbonyl (C=O) groups is 1. The second-order valence-electron chi connectivity index (χ2n) is 4.60. The van der Waals surface area contributed by atoms with E-state index in [0.29, 0.717) is 19.0 Å². The summed E-state index contributed by atoms with van der Waals surface area (Å²) in [5.74, 6) is 0.656. The quantitative estimate of drug-likeness (QED) is 0.819. The molecule has 3 nitrogen and oxygen atoms in total. The first-order valence-corrected chi connectivity index (χ1v) is 6.17. The van der Waals surface area contributed by atoms with Gasteiger partial charge in [0.25, 0.3) is 0 Å². The van der Waals surface area contributed by atoms with Crippen LogP contribution in [0.4, 0.5) is 0 Å². The van der Waals surface area contributed by atoms with Crippen molar-refractivity contribution in [1.29, 1.82) is 0 Å². The summed E-state index contributed by atoms with van der Waals surface area (Å²) in [5, 5.41) is 0. The van der Waals surface area contributed by atoms with Gasteiger partial charge in [0.1, 0.15) is 6.10 Å². The van der Waals surface area contributed by atoms with Crippen molar-refractivity contribution in [3.05, 3.63) is 47.7 Å². The Balaban J connectivity index is 1.84. The van der Waals surface area contributed by atoms with Crippen molar-refractivity contribution in [2.24, 2.45) is 5.92 Å². The second kappa shape index (κ2) is 5.83. The van der Waals surface area contributed by atoms with Crippen LogP contribution in [-0.4, -0.2) is 18.5 Å². The Morgan fingerprint density at radius 1 is 1.28 bits per heavy atom. The van der Waals surface area contributed by atoms with Crippen molar-refractivity contribution < 1.29 is 14.3 Å². The van der Waals surface area contributed by atoms with E-state index in [-0.39, 0.29) is 17.8 Å². The maximum atomic E-state index is 11.6. The maximum Gasteiger partial charge on any atom is 0.165 e. The highest BCUT2D eigenvalue weighted by Gasteiger charge is 2.28. The smallest absolute Gasteiger partial charge is 0.165 e. The van der Waals surface area contributed by atoms with E-state index in [1.165, 1.54) is 0 Å². The zero-order chi connectivity index (χ0) is 13.0. The summed E-state index contributed by atoms with van der Waals surface area (Å²) in [6, 6.07) is 9.97. The van der Waals surface area contributed by atoms with E-state index >= 15 is 0 Å². The number of ketones is 1. The molecule has 0 spiro atoms. The monoisotopic (exact) mass is 246 g/mol. The summed E-state index contributed by atoms with van der Waals surface area (Å²) >= 11 is 0. The molecule has 1 aromatic carbocycles. The number of benzene rings is 1. The predicted molar refractivity (Wildman–Crippen MR) is 68.9 cm³/mol. The first-order chi connectivity index (χ1) is 8.66. The highest BCUT2D eigenvalue weighted by atomic mass is 16.5. The Bertz CT molecular complexity index is 436. The van der Waals surface area contributed by atoms with Gasteiger partial charge < -0.3 is 9.47 Å². The van der Waals surface area contributed by atoms with Gasteiger partial charge in [0, 0.05) is 6.08 Å². The molecule has 1 aromatic rings. The predicted octanol–water partition coefficient (Wildman–Crippen LogP) is 2.71. The Morgan fingerprint density at radius 3 is 2.72 bits per heavy atom.